The van der Waals surface area contributed by atoms with Gasteiger partial charge in [-0.15, -0.1) is 0 Å². The topological polar surface area (TPSA) is 67.9 Å². The van der Waals surface area contributed by atoms with Crippen LogP contribution in [0.25, 0.3) is 0 Å². The summed E-state index contributed by atoms with van der Waals surface area (Å²) >= 11 is 0. The average molecular weight is 457 g/mol. The summed E-state index contributed by atoms with van der Waals surface area (Å²) in [6.45, 7) is 2.62. The highest BCUT2D eigenvalue weighted by molar-refractivity contribution is 6.04. The second-order valence-corrected chi connectivity index (χ2v) is 8.71. The van der Waals surface area contributed by atoms with E-state index in [0.29, 0.717) is 30.0 Å². The van der Waals surface area contributed by atoms with E-state index >= 15 is 0 Å². The van der Waals surface area contributed by atoms with E-state index in [1.54, 1.807) is 14.2 Å². The Labute approximate surface area is 199 Å². The van der Waals surface area contributed by atoms with Crippen LogP contribution in [0.2, 0.25) is 0 Å². The zero-order valence-corrected chi connectivity index (χ0v) is 19.6. The molecule has 5 rings (SSSR count). The Kier molecular flexibility index (Phi) is 5.74. The predicted molar refractivity (Wildman–Crippen MR) is 131 cm³/mol. The van der Waals surface area contributed by atoms with Crippen LogP contribution in [0.5, 0.6) is 11.5 Å². The molecule has 2 amide bonds. The normalized spacial score (nSPS) is 18.4. The fourth-order valence-electron chi connectivity index (χ4n) is 5.23. The molecule has 2 atom stereocenters. The van der Waals surface area contributed by atoms with Crippen LogP contribution in [0.1, 0.15) is 51.5 Å². The fraction of sp³-hybridized carbons (Fsp3) is 0.286. The van der Waals surface area contributed by atoms with Gasteiger partial charge in [-0.25, -0.2) is 0 Å². The van der Waals surface area contributed by atoms with Gasteiger partial charge in [0.05, 0.1) is 26.2 Å². The van der Waals surface area contributed by atoms with E-state index in [2.05, 4.69) is 12.2 Å². The third-order valence-corrected chi connectivity index (χ3v) is 6.91. The van der Waals surface area contributed by atoms with Crippen LogP contribution in [0.3, 0.4) is 0 Å². The number of ether oxygens (including phenoxy) is 2. The van der Waals surface area contributed by atoms with Gasteiger partial charge in [0.25, 0.3) is 5.91 Å². The van der Waals surface area contributed by atoms with E-state index in [1.165, 1.54) is 0 Å². The summed E-state index contributed by atoms with van der Waals surface area (Å²) < 4.78 is 11.1. The standard InChI is InChI=1S/C28H28N2O4/c1-4-17-8-7-9-19(14-17)29-27(31)25-20-10-5-6-11-21(20)28(32)30-13-12-18-15-23(33-2)24(34-3)16-22(18)26(25)30/h5-11,14-16,25-26H,4,12-13H2,1-3H3,(H,29,31). The molecule has 2 aliphatic rings. The molecule has 0 saturated carbocycles. The molecule has 0 aromatic heterocycles. The summed E-state index contributed by atoms with van der Waals surface area (Å²) in [7, 11) is 3.21. The summed E-state index contributed by atoms with van der Waals surface area (Å²) in [5.41, 5.74) is 5.24. The lowest BCUT2D eigenvalue weighted by Crippen LogP contribution is -2.49. The molecule has 6 heteroatoms. The molecule has 0 saturated heterocycles. The number of rotatable bonds is 5. The largest absolute Gasteiger partial charge is 0.493 e. The van der Waals surface area contributed by atoms with Crippen molar-refractivity contribution in [2.45, 2.75) is 31.7 Å². The number of fused-ring (bicyclic) bond motifs is 4. The lowest BCUT2D eigenvalue weighted by atomic mass is 9.75. The first-order chi connectivity index (χ1) is 16.5. The van der Waals surface area contributed by atoms with E-state index < -0.39 is 12.0 Å². The third-order valence-electron chi connectivity index (χ3n) is 6.91. The Balaban J connectivity index is 1.64. The molecule has 3 aromatic carbocycles. The molecule has 34 heavy (non-hydrogen) atoms. The first-order valence-electron chi connectivity index (χ1n) is 11.6. The lowest BCUT2D eigenvalue weighted by Gasteiger charge is -2.45. The van der Waals surface area contributed by atoms with Crippen molar-refractivity contribution >= 4 is 17.5 Å². The van der Waals surface area contributed by atoms with Gasteiger partial charge in [-0.2, -0.15) is 0 Å². The Morgan fingerprint density at radius 3 is 2.53 bits per heavy atom. The van der Waals surface area contributed by atoms with Gasteiger partial charge in [-0.1, -0.05) is 37.3 Å². The Bertz CT molecular complexity index is 1270. The van der Waals surface area contributed by atoms with Crippen molar-refractivity contribution in [3.05, 3.63) is 88.5 Å². The molecule has 6 nitrogen and oxygen atoms in total. The minimum absolute atomic E-state index is 0.0435. The van der Waals surface area contributed by atoms with Crippen LogP contribution in [-0.2, 0) is 17.6 Å². The zero-order valence-electron chi connectivity index (χ0n) is 19.6. The van der Waals surface area contributed by atoms with Gasteiger partial charge < -0.3 is 19.7 Å². The predicted octanol–water partition coefficient (Wildman–Crippen LogP) is 4.74. The van der Waals surface area contributed by atoms with Gasteiger partial charge >= 0.3 is 0 Å². The Morgan fingerprint density at radius 1 is 1.00 bits per heavy atom. The number of nitrogens with one attached hydrogen (secondary N) is 1. The maximum absolute atomic E-state index is 13.9. The van der Waals surface area contributed by atoms with Crippen LogP contribution in [0, 0.1) is 0 Å². The van der Waals surface area contributed by atoms with Crippen LogP contribution >= 0.6 is 0 Å². The number of aryl methyl sites for hydroxylation is 1. The molecule has 2 heterocycles. The summed E-state index contributed by atoms with van der Waals surface area (Å²) in [6, 6.07) is 18.8. The van der Waals surface area contributed by atoms with Gasteiger partial charge in [0, 0.05) is 17.8 Å². The molecule has 0 bridgehead atoms. The van der Waals surface area contributed by atoms with Gasteiger partial charge in [0.2, 0.25) is 5.91 Å². The van der Waals surface area contributed by atoms with E-state index in [4.69, 9.17) is 9.47 Å². The summed E-state index contributed by atoms with van der Waals surface area (Å²) in [5, 5.41) is 3.12. The monoisotopic (exact) mass is 456 g/mol. The average Bonchev–Trinajstić information content (AvgIpc) is 2.88. The van der Waals surface area contributed by atoms with Crippen molar-refractivity contribution in [2.75, 3.05) is 26.1 Å². The molecular weight excluding hydrogens is 428 g/mol. The van der Waals surface area contributed by atoms with Gasteiger partial charge in [0.15, 0.2) is 11.5 Å². The third kappa shape index (κ3) is 3.59. The Hall–Kier alpha value is -3.80. The number of hydrogen-bond acceptors (Lipinski definition) is 4. The summed E-state index contributed by atoms with van der Waals surface area (Å²) in [4.78, 5) is 29.2. The van der Waals surface area contributed by atoms with Crippen molar-refractivity contribution in [2.24, 2.45) is 0 Å². The first kappa shape index (κ1) is 22.0. The quantitative estimate of drug-likeness (QED) is 0.602. The highest BCUT2D eigenvalue weighted by Crippen LogP contribution is 2.48. The first-order valence-corrected chi connectivity index (χ1v) is 11.6. The second kappa shape index (κ2) is 8.86. The maximum Gasteiger partial charge on any atom is 0.254 e. The molecule has 174 valence electrons. The van der Waals surface area contributed by atoms with E-state index in [-0.39, 0.29) is 11.8 Å². The number of methoxy groups -OCH3 is 2. The van der Waals surface area contributed by atoms with Gasteiger partial charge in [-0.3, -0.25) is 9.59 Å². The molecule has 3 aromatic rings. The zero-order chi connectivity index (χ0) is 23.8. The van der Waals surface area contributed by atoms with Crippen molar-refractivity contribution in [3.63, 3.8) is 0 Å². The van der Waals surface area contributed by atoms with E-state index in [9.17, 15) is 9.59 Å². The molecule has 1 N–H and O–H groups in total. The number of benzene rings is 3. The van der Waals surface area contributed by atoms with Gasteiger partial charge in [0.1, 0.15) is 0 Å². The number of anilines is 1. The molecule has 0 spiro atoms. The lowest BCUT2D eigenvalue weighted by molar-refractivity contribution is -0.119. The van der Waals surface area contributed by atoms with Crippen LogP contribution < -0.4 is 14.8 Å². The maximum atomic E-state index is 13.9. The van der Waals surface area contributed by atoms with Crippen molar-refractivity contribution in [1.29, 1.82) is 0 Å². The summed E-state index contributed by atoms with van der Waals surface area (Å²) in [5.74, 6) is 0.499. The molecule has 0 aliphatic carbocycles. The van der Waals surface area contributed by atoms with Crippen LogP contribution in [0.4, 0.5) is 5.69 Å². The minimum Gasteiger partial charge on any atom is -0.493 e. The fourth-order valence-corrected chi connectivity index (χ4v) is 5.23. The Morgan fingerprint density at radius 2 is 1.76 bits per heavy atom. The number of hydrogen-bond donors (Lipinski definition) is 1. The number of carbonyl (C=O) groups excluding carboxylic acids is 2. The SMILES string of the molecule is CCc1cccc(NC(=O)C2c3ccccc3C(=O)N3CCc4cc(OC)c(OC)cc4C23)c1. The van der Waals surface area contributed by atoms with Crippen molar-refractivity contribution < 1.29 is 19.1 Å². The highest BCUT2D eigenvalue weighted by Gasteiger charge is 2.46. The molecule has 0 radical (unpaired) electrons. The summed E-state index contributed by atoms with van der Waals surface area (Å²) in [6.07, 6.45) is 1.57. The van der Waals surface area contributed by atoms with Crippen molar-refractivity contribution in [1.82, 2.24) is 4.90 Å². The highest BCUT2D eigenvalue weighted by atomic mass is 16.5. The van der Waals surface area contributed by atoms with Gasteiger partial charge in [-0.05, 0) is 65.4 Å². The molecule has 2 aliphatic heterocycles. The van der Waals surface area contributed by atoms with Crippen LogP contribution in [-0.4, -0.2) is 37.5 Å². The smallest absolute Gasteiger partial charge is 0.254 e. The number of nitrogens with zero attached hydrogens (tertiary/aromatic N) is 1. The van der Waals surface area contributed by atoms with E-state index in [1.807, 2.05) is 65.6 Å². The van der Waals surface area contributed by atoms with Crippen LogP contribution in [0.15, 0.2) is 60.7 Å². The number of carbonyl (C=O) groups is 2. The van der Waals surface area contributed by atoms with E-state index in [0.717, 1.165) is 34.4 Å². The molecule has 0 fully saturated rings. The van der Waals surface area contributed by atoms with Crippen molar-refractivity contribution in [3.8, 4) is 11.5 Å². The molecular formula is C28H28N2O4. The second-order valence-electron chi connectivity index (χ2n) is 8.71. The minimum atomic E-state index is -0.559. The number of amides is 2. The molecule has 2 unspecified atom stereocenters.